The monoisotopic (exact) mass is 394 g/mol. The molecule has 1 fully saturated rings. The first-order valence-electron chi connectivity index (χ1n) is 8.14. The molecule has 11 nitrogen and oxygen atoms in total. The normalized spacial score (nSPS) is 19.3. The van der Waals surface area contributed by atoms with E-state index in [-0.39, 0.29) is 24.9 Å². The molecule has 2 atom stereocenters. The highest BCUT2D eigenvalue weighted by atomic mass is 32.2. The van der Waals surface area contributed by atoms with Crippen molar-refractivity contribution >= 4 is 23.5 Å². The Bertz CT molecular complexity index is 813. The molecule has 1 aromatic heterocycles. The molecule has 1 aromatic carbocycles. The van der Waals surface area contributed by atoms with Crippen LogP contribution in [0, 0.1) is 10.1 Å². The number of hydrogen-bond donors (Lipinski definition) is 1. The van der Waals surface area contributed by atoms with E-state index in [2.05, 4.69) is 15.5 Å². The number of likely N-dealkylation sites (tertiary alicyclic amines) is 1. The van der Waals surface area contributed by atoms with E-state index < -0.39 is 17.1 Å². The quantitative estimate of drug-likeness (QED) is 0.432. The minimum Gasteiger partial charge on any atom is -0.445 e. The van der Waals surface area contributed by atoms with Gasteiger partial charge >= 0.3 is 6.09 Å². The Hall–Kier alpha value is -2.73. The second-order valence-corrected chi connectivity index (χ2v) is 7.06. The fourth-order valence-electron chi connectivity index (χ4n) is 2.73. The van der Waals surface area contributed by atoms with Crippen molar-refractivity contribution in [3.8, 4) is 0 Å². The summed E-state index contributed by atoms with van der Waals surface area (Å²) in [7, 11) is 1.72. The molecule has 12 heteroatoms. The zero-order valence-electron chi connectivity index (χ0n) is 14.5. The van der Waals surface area contributed by atoms with Crippen LogP contribution in [0.25, 0.3) is 0 Å². The lowest BCUT2D eigenvalue weighted by atomic mass is 10.2. The SMILES string of the molecule is Cn1nnnc1SC[C@@H]1C[C@@H](O)CN1C(=O)OCc1ccc([N+](=O)[O-])cc1. The average Bonchev–Trinajstić information content (AvgIpc) is 3.23. The van der Waals surface area contributed by atoms with Gasteiger partial charge in [0.15, 0.2) is 0 Å². The number of nitrogens with zero attached hydrogens (tertiary/aromatic N) is 6. The number of ether oxygens (including phenoxy) is 1. The topological polar surface area (TPSA) is 137 Å². The standard InChI is InChI=1S/C15H18N6O5S/c1-19-14(16-17-18-19)27-9-12-6-13(22)7-20(12)15(23)26-8-10-2-4-11(5-3-10)21(24)25/h2-5,12-13,22H,6-9H2,1H3/t12-,13+/m0/s1. The van der Waals surface area contributed by atoms with Crippen molar-refractivity contribution in [2.45, 2.75) is 30.3 Å². The van der Waals surface area contributed by atoms with Gasteiger partial charge in [0.2, 0.25) is 5.16 Å². The van der Waals surface area contributed by atoms with Gasteiger partial charge < -0.3 is 14.7 Å². The number of aliphatic hydroxyl groups is 1. The third-order valence-corrected chi connectivity index (χ3v) is 5.28. The Kier molecular flexibility index (Phi) is 5.86. The smallest absolute Gasteiger partial charge is 0.410 e. The summed E-state index contributed by atoms with van der Waals surface area (Å²) in [5.41, 5.74) is 0.618. The fraction of sp³-hybridized carbons (Fsp3) is 0.467. The summed E-state index contributed by atoms with van der Waals surface area (Å²) in [5.74, 6) is 0.526. The second-order valence-electron chi connectivity index (χ2n) is 6.07. The van der Waals surface area contributed by atoms with E-state index in [1.165, 1.54) is 33.5 Å². The van der Waals surface area contributed by atoms with Gasteiger partial charge in [-0.2, -0.15) is 0 Å². The largest absolute Gasteiger partial charge is 0.445 e. The molecule has 1 N–H and O–H groups in total. The first-order chi connectivity index (χ1) is 12.9. The first-order valence-corrected chi connectivity index (χ1v) is 9.12. The molecule has 1 amide bonds. The minimum absolute atomic E-state index is 0.00348. The lowest BCUT2D eigenvalue weighted by Gasteiger charge is -2.23. The number of nitro benzene ring substituents is 1. The summed E-state index contributed by atoms with van der Waals surface area (Å²) in [6.45, 7) is 0.192. The maximum atomic E-state index is 12.4. The molecule has 144 valence electrons. The van der Waals surface area contributed by atoms with Gasteiger partial charge in [-0.25, -0.2) is 9.48 Å². The molecule has 27 heavy (non-hydrogen) atoms. The Balaban J connectivity index is 1.55. The van der Waals surface area contributed by atoms with Crippen LogP contribution in [0.1, 0.15) is 12.0 Å². The van der Waals surface area contributed by atoms with E-state index in [0.29, 0.717) is 22.9 Å². The van der Waals surface area contributed by atoms with E-state index in [9.17, 15) is 20.0 Å². The number of aromatic nitrogens is 4. The Morgan fingerprint density at radius 2 is 2.19 bits per heavy atom. The number of rotatable bonds is 6. The number of thioether (sulfide) groups is 1. The van der Waals surface area contributed by atoms with Crippen LogP contribution < -0.4 is 0 Å². The van der Waals surface area contributed by atoms with E-state index in [0.717, 1.165) is 0 Å². The molecule has 1 aliphatic heterocycles. The van der Waals surface area contributed by atoms with E-state index in [1.54, 1.807) is 19.2 Å². The van der Waals surface area contributed by atoms with Gasteiger partial charge in [-0.05, 0) is 34.5 Å². The third kappa shape index (κ3) is 4.71. The number of hydrogen-bond acceptors (Lipinski definition) is 9. The maximum Gasteiger partial charge on any atom is 0.410 e. The summed E-state index contributed by atoms with van der Waals surface area (Å²) in [4.78, 5) is 24.1. The van der Waals surface area contributed by atoms with Crippen molar-refractivity contribution in [2.75, 3.05) is 12.3 Å². The number of β-amino-alcohol motifs (C(OH)–C–C–N with tert-alkyl or cyclic N) is 1. The number of nitro groups is 1. The van der Waals surface area contributed by atoms with Gasteiger partial charge in [0, 0.05) is 31.0 Å². The lowest BCUT2D eigenvalue weighted by Crippen LogP contribution is -2.37. The highest BCUT2D eigenvalue weighted by molar-refractivity contribution is 7.99. The molecular formula is C15H18N6O5S. The third-order valence-electron chi connectivity index (χ3n) is 4.12. The maximum absolute atomic E-state index is 12.4. The Morgan fingerprint density at radius 1 is 1.44 bits per heavy atom. The number of tetrazole rings is 1. The predicted molar refractivity (Wildman–Crippen MR) is 93.9 cm³/mol. The summed E-state index contributed by atoms with van der Waals surface area (Å²) in [6, 6.07) is 5.59. The zero-order chi connectivity index (χ0) is 19.4. The zero-order valence-corrected chi connectivity index (χ0v) is 15.3. The molecule has 0 saturated carbocycles. The molecule has 1 aliphatic rings. The summed E-state index contributed by atoms with van der Waals surface area (Å²) in [5, 5.41) is 32.4. The summed E-state index contributed by atoms with van der Waals surface area (Å²) >= 11 is 1.40. The summed E-state index contributed by atoms with van der Waals surface area (Å²) in [6.07, 6.45) is -0.697. The van der Waals surface area contributed by atoms with Crippen LogP contribution in [0.3, 0.4) is 0 Å². The van der Waals surface area contributed by atoms with Gasteiger partial charge in [0.1, 0.15) is 6.61 Å². The number of aryl methyl sites for hydroxylation is 1. The van der Waals surface area contributed by atoms with E-state index in [1.807, 2.05) is 0 Å². The first kappa shape index (κ1) is 19.0. The predicted octanol–water partition coefficient (Wildman–Crippen LogP) is 0.982. The lowest BCUT2D eigenvalue weighted by molar-refractivity contribution is -0.384. The van der Waals surface area contributed by atoms with Gasteiger partial charge in [-0.3, -0.25) is 10.1 Å². The van der Waals surface area contributed by atoms with Gasteiger partial charge in [0.05, 0.1) is 17.6 Å². The number of non-ortho nitro benzene ring substituents is 1. The number of benzene rings is 1. The van der Waals surface area contributed by atoms with Crippen molar-refractivity contribution in [2.24, 2.45) is 7.05 Å². The van der Waals surface area contributed by atoms with E-state index >= 15 is 0 Å². The molecule has 0 unspecified atom stereocenters. The van der Waals surface area contributed by atoms with Crippen LogP contribution in [0.5, 0.6) is 0 Å². The molecular weight excluding hydrogens is 376 g/mol. The van der Waals surface area contributed by atoms with Crippen molar-refractivity contribution in [3.63, 3.8) is 0 Å². The molecule has 3 rings (SSSR count). The van der Waals surface area contributed by atoms with Crippen molar-refractivity contribution in [1.29, 1.82) is 0 Å². The molecule has 0 aliphatic carbocycles. The highest BCUT2D eigenvalue weighted by Crippen LogP contribution is 2.25. The van der Waals surface area contributed by atoms with Gasteiger partial charge in [-0.15, -0.1) is 5.10 Å². The van der Waals surface area contributed by atoms with Crippen LogP contribution in [0.4, 0.5) is 10.5 Å². The van der Waals surface area contributed by atoms with Crippen LogP contribution in [-0.2, 0) is 18.4 Å². The summed E-state index contributed by atoms with van der Waals surface area (Å²) < 4.78 is 6.84. The van der Waals surface area contributed by atoms with Crippen molar-refractivity contribution < 1.29 is 19.6 Å². The molecule has 2 heterocycles. The average molecular weight is 394 g/mol. The number of carbonyl (C=O) groups is 1. The highest BCUT2D eigenvalue weighted by Gasteiger charge is 2.35. The van der Waals surface area contributed by atoms with Gasteiger partial charge in [0.25, 0.3) is 5.69 Å². The second kappa shape index (κ2) is 8.31. The number of aliphatic hydroxyl groups excluding tert-OH is 1. The van der Waals surface area contributed by atoms with Crippen LogP contribution in [0.15, 0.2) is 29.4 Å². The Labute approximate surface area is 158 Å². The molecule has 0 radical (unpaired) electrons. The molecule has 0 bridgehead atoms. The molecule has 1 saturated heterocycles. The Morgan fingerprint density at radius 3 is 2.81 bits per heavy atom. The van der Waals surface area contributed by atoms with Crippen molar-refractivity contribution in [1.82, 2.24) is 25.1 Å². The molecule has 2 aromatic rings. The van der Waals surface area contributed by atoms with Crippen LogP contribution >= 0.6 is 11.8 Å². The molecule has 0 spiro atoms. The minimum atomic E-state index is -0.611. The number of amides is 1. The van der Waals surface area contributed by atoms with Gasteiger partial charge in [-0.1, -0.05) is 11.8 Å². The number of carbonyl (C=O) groups excluding carboxylic acids is 1. The van der Waals surface area contributed by atoms with E-state index in [4.69, 9.17) is 4.74 Å². The van der Waals surface area contributed by atoms with Crippen LogP contribution in [-0.4, -0.2) is 65.7 Å². The van der Waals surface area contributed by atoms with Crippen molar-refractivity contribution in [3.05, 3.63) is 39.9 Å². The van der Waals surface area contributed by atoms with Crippen LogP contribution in [0.2, 0.25) is 0 Å². The fourth-order valence-corrected chi connectivity index (χ4v) is 3.70.